The molecule has 2 N–H and O–H groups in total. The first-order chi connectivity index (χ1) is 22.2. The second kappa shape index (κ2) is 12.8. The molecule has 11 heteroatoms. The third-order valence-electron chi connectivity index (χ3n) is 9.76. The maximum atomic E-state index is 13.3. The maximum Gasteiger partial charge on any atom is 0.253 e. The minimum atomic E-state index is -0.878. The lowest BCUT2D eigenvalue weighted by molar-refractivity contribution is -0.0856. The van der Waals surface area contributed by atoms with Crippen molar-refractivity contribution >= 4 is 40.5 Å². The highest BCUT2D eigenvalue weighted by Gasteiger charge is 2.35. The normalized spacial score (nSPS) is 22.7. The Morgan fingerprint density at radius 2 is 1.63 bits per heavy atom. The van der Waals surface area contributed by atoms with E-state index in [2.05, 4.69) is 34.1 Å². The molecule has 0 radical (unpaired) electrons. The fraction of sp³-hybridized carbons (Fsp3) is 0.457. The van der Waals surface area contributed by atoms with E-state index in [1.54, 1.807) is 4.52 Å². The number of morpholine rings is 1. The molecule has 242 valence electrons. The van der Waals surface area contributed by atoms with Crippen molar-refractivity contribution in [3.05, 3.63) is 83.0 Å². The Labute approximate surface area is 274 Å². The lowest BCUT2D eigenvalue weighted by Gasteiger charge is -2.43. The molecule has 3 saturated heterocycles. The molecule has 2 aromatic carbocycles. The van der Waals surface area contributed by atoms with E-state index in [0.29, 0.717) is 48.5 Å². The number of piperidine rings is 2. The summed E-state index contributed by atoms with van der Waals surface area (Å²) in [4.78, 5) is 24.9. The lowest BCUT2D eigenvalue weighted by atomic mass is 9.84. The molecule has 3 fully saturated rings. The molecule has 3 aliphatic rings. The van der Waals surface area contributed by atoms with Crippen LogP contribution >= 0.6 is 11.6 Å². The van der Waals surface area contributed by atoms with Crippen LogP contribution in [0.1, 0.15) is 55.5 Å². The van der Waals surface area contributed by atoms with Gasteiger partial charge >= 0.3 is 0 Å². The highest BCUT2D eigenvalue weighted by atomic mass is 35.5. The first-order valence-electron chi connectivity index (χ1n) is 16.4. The zero-order valence-electron chi connectivity index (χ0n) is 26.5. The molecular weight excluding hydrogens is 602 g/mol. The smallest absolute Gasteiger partial charge is 0.253 e. The van der Waals surface area contributed by atoms with Crippen molar-refractivity contribution in [1.29, 1.82) is 0 Å². The van der Waals surface area contributed by atoms with Crippen molar-refractivity contribution in [3.8, 4) is 0 Å². The summed E-state index contributed by atoms with van der Waals surface area (Å²) in [6, 6.07) is 19.6. The van der Waals surface area contributed by atoms with Crippen LogP contribution in [0.25, 0.3) is 5.65 Å². The number of aromatic nitrogens is 3. The average molecular weight is 644 g/mol. The van der Waals surface area contributed by atoms with Crippen LogP contribution in [0.2, 0.25) is 5.02 Å². The van der Waals surface area contributed by atoms with E-state index in [0.717, 1.165) is 61.6 Å². The fourth-order valence-electron chi connectivity index (χ4n) is 7.32. The summed E-state index contributed by atoms with van der Waals surface area (Å²) in [7, 11) is 0. The Bertz CT molecular complexity index is 1650. The van der Waals surface area contributed by atoms with E-state index in [4.69, 9.17) is 21.3 Å². The second-order valence-electron chi connectivity index (χ2n) is 13.1. The quantitative estimate of drug-likeness (QED) is 0.291. The zero-order chi connectivity index (χ0) is 31.8. The van der Waals surface area contributed by atoms with Gasteiger partial charge in [0.25, 0.3) is 5.91 Å². The number of benzene rings is 2. The molecule has 7 rings (SSSR count). The number of likely N-dealkylation sites (tertiary alicyclic amines) is 1. The summed E-state index contributed by atoms with van der Waals surface area (Å²) in [5.41, 5.74) is 3.24. The van der Waals surface area contributed by atoms with Gasteiger partial charge in [0.1, 0.15) is 0 Å². The first-order valence-corrected chi connectivity index (χ1v) is 16.8. The minimum absolute atomic E-state index is 0.0775. The first kappa shape index (κ1) is 30.9. The van der Waals surface area contributed by atoms with Crippen LogP contribution in [-0.2, 0) is 10.3 Å². The van der Waals surface area contributed by atoms with Gasteiger partial charge in [-0.3, -0.25) is 9.69 Å². The van der Waals surface area contributed by atoms with Crippen molar-refractivity contribution in [2.75, 3.05) is 49.5 Å². The molecule has 0 spiro atoms. The number of amides is 1. The number of anilines is 3. The summed E-state index contributed by atoms with van der Waals surface area (Å²) >= 11 is 6.06. The topological polar surface area (TPSA) is 98.5 Å². The van der Waals surface area contributed by atoms with Crippen molar-refractivity contribution in [1.82, 2.24) is 24.4 Å². The van der Waals surface area contributed by atoms with Gasteiger partial charge in [-0.05, 0) is 93.6 Å². The maximum absolute atomic E-state index is 13.3. The zero-order valence-corrected chi connectivity index (χ0v) is 27.2. The summed E-state index contributed by atoms with van der Waals surface area (Å²) in [5, 5.41) is 20.0. The van der Waals surface area contributed by atoms with Crippen LogP contribution in [0, 0.1) is 0 Å². The third-order valence-corrected chi connectivity index (χ3v) is 10.0. The monoisotopic (exact) mass is 643 g/mol. The number of carbonyl (C=O) groups is 1. The van der Waals surface area contributed by atoms with E-state index in [1.807, 2.05) is 71.8 Å². The minimum Gasteiger partial charge on any atom is -0.385 e. The number of rotatable bonds is 6. The van der Waals surface area contributed by atoms with Crippen LogP contribution < -0.4 is 10.2 Å². The van der Waals surface area contributed by atoms with Gasteiger partial charge in [-0.2, -0.15) is 4.98 Å². The van der Waals surface area contributed by atoms with E-state index in [1.165, 1.54) is 0 Å². The van der Waals surface area contributed by atoms with Gasteiger partial charge in [-0.15, -0.1) is 5.10 Å². The molecule has 2 unspecified atom stereocenters. The Balaban J connectivity index is 0.965. The summed E-state index contributed by atoms with van der Waals surface area (Å²) in [5.74, 6) is 0.559. The molecule has 2 atom stereocenters. The molecule has 0 saturated carbocycles. The molecule has 46 heavy (non-hydrogen) atoms. The van der Waals surface area contributed by atoms with Crippen LogP contribution in [-0.4, -0.2) is 92.9 Å². The van der Waals surface area contributed by atoms with Crippen LogP contribution in [0.15, 0.2) is 66.9 Å². The fourth-order valence-corrected chi connectivity index (χ4v) is 7.44. The van der Waals surface area contributed by atoms with E-state index < -0.39 is 5.60 Å². The highest BCUT2D eigenvalue weighted by Crippen LogP contribution is 2.36. The molecule has 0 bridgehead atoms. The largest absolute Gasteiger partial charge is 0.385 e. The van der Waals surface area contributed by atoms with Crippen molar-refractivity contribution in [2.24, 2.45) is 0 Å². The lowest BCUT2D eigenvalue weighted by Crippen LogP contribution is -2.53. The van der Waals surface area contributed by atoms with Crippen molar-refractivity contribution in [2.45, 2.75) is 63.4 Å². The number of nitrogens with one attached hydrogen (secondary N) is 1. The Morgan fingerprint density at radius 1 is 0.957 bits per heavy atom. The number of fused-ring (bicyclic) bond motifs is 1. The number of ether oxygens (including phenoxy) is 1. The molecule has 0 aliphatic carbocycles. The van der Waals surface area contributed by atoms with Crippen molar-refractivity contribution < 1.29 is 14.6 Å². The highest BCUT2D eigenvalue weighted by molar-refractivity contribution is 6.30. The number of halogens is 1. The number of hydrogen-bond acceptors (Lipinski definition) is 8. The summed E-state index contributed by atoms with van der Waals surface area (Å²) < 4.78 is 7.68. The van der Waals surface area contributed by atoms with E-state index in [-0.39, 0.29) is 18.1 Å². The van der Waals surface area contributed by atoms with Gasteiger partial charge in [-0.25, -0.2) is 4.52 Å². The average Bonchev–Trinajstić information content (AvgIpc) is 3.48. The Morgan fingerprint density at radius 3 is 2.30 bits per heavy atom. The number of hydrogen-bond donors (Lipinski definition) is 2. The number of nitrogens with zero attached hydrogens (tertiary/aromatic N) is 6. The van der Waals surface area contributed by atoms with Crippen LogP contribution in [0.5, 0.6) is 0 Å². The van der Waals surface area contributed by atoms with Crippen LogP contribution in [0.4, 0.5) is 17.3 Å². The molecular formula is C35H42ClN7O3. The van der Waals surface area contributed by atoms with Crippen LogP contribution in [0.3, 0.4) is 0 Å². The summed E-state index contributed by atoms with van der Waals surface area (Å²) in [6.07, 6.45) is 5.59. The predicted molar refractivity (Wildman–Crippen MR) is 180 cm³/mol. The summed E-state index contributed by atoms with van der Waals surface area (Å²) in [6.45, 7) is 9.14. The van der Waals surface area contributed by atoms with E-state index in [9.17, 15) is 9.90 Å². The number of pyridine rings is 1. The second-order valence-corrected chi connectivity index (χ2v) is 13.5. The molecule has 2 aromatic heterocycles. The molecule has 1 amide bonds. The van der Waals surface area contributed by atoms with Gasteiger partial charge in [0, 0.05) is 67.8 Å². The van der Waals surface area contributed by atoms with Crippen molar-refractivity contribution in [3.63, 3.8) is 0 Å². The van der Waals surface area contributed by atoms with Gasteiger partial charge < -0.3 is 25.0 Å². The predicted octanol–water partition coefficient (Wildman–Crippen LogP) is 5.33. The molecule has 10 nitrogen and oxygen atoms in total. The molecule has 3 aliphatic heterocycles. The Hall–Kier alpha value is -3.70. The standard InChI is InChI=1S/C35H42ClN7O3/c1-24-22-42(23-25(2)46-24)30-13-18-41(19-14-30)33(44)26-5-11-29(12-6-26)37-34-38-32-31(4-3-17-43(32)39-34)40-20-15-35(45,16-21-40)27-7-9-28(36)10-8-27/h3-12,17,24-25,30,45H,13-16,18-23H2,1-2H3,(H,37,39). The number of aliphatic hydroxyl groups is 1. The van der Waals surface area contributed by atoms with Gasteiger partial charge in [0.15, 0.2) is 5.65 Å². The third kappa shape index (κ3) is 6.44. The van der Waals surface area contributed by atoms with Gasteiger partial charge in [0.2, 0.25) is 5.95 Å². The van der Waals surface area contributed by atoms with Gasteiger partial charge in [-0.1, -0.05) is 23.7 Å². The molecule has 5 heterocycles. The van der Waals surface area contributed by atoms with E-state index >= 15 is 0 Å². The number of carbonyl (C=O) groups excluding carboxylic acids is 1. The van der Waals surface area contributed by atoms with Gasteiger partial charge in [0.05, 0.1) is 23.5 Å². The SMILES string of the molecule is CC1CN(C2CCN(C(=O)c3ccc(Nc4nc5c(N6CCC(O)(c7ccc(Cl)cc7)CC6)cccn5n4)cc3)CC2)CC(C)O1. The Kier molecular flexibility index (Phi) is 8.63. The molecule has 4 aromatic rings.